The third-order valence-corrected chi connectivity index (χ3v) is 8.25. The van der Waals surface area contributed by atoms with Gasteiger partial charge in [-0.05, 0) is 92.1 Å². The van der Waals surface area contributed by atoms with E-state index in [0.29, 0.717) is 34.9 Å². The Morgan fingerprint density at radius 1 is 0.735 bits per heavy atom. The van der Waals surface area contributed by atoms with Crippen molar-refractivity contribution in [1.82, 2.24) is 5.32 Å². The Kier molecular flexibility index (Phi) is 13.1. The van der Waals surface area contributed by atoms with E-state index in [2.05, 4.69) is 17.6 Å². The Morgan fingerprint density at radius 3 is 1.98 bits per heavy atom. The summed E-state index contributed by atoms with van der Waals surface area (Å²) in [7, 11) is 0. The van der Waals surface area contributed by atoms with E-state index in [1.807, 2.05) is 44.2 Å². The Morgan fingerprint density at radius 2 is 1.35 bits per heavy atom. The summed E-state index contributed by atoms with van der Waals surface area (Å²) in [5.41, 5.74) is 1.85. The highest BCUT2D eigenvalue weighted by Gasteiger charge is 2.29. The van der Waals surface area contributed by atoms with Gasteiger partial charge in [0.15, 0.2) is 0 Å². The van der Waals surface area contributed by atoms with Gasteiger partial charge in [-0.2, -0.15) is 0 Å². The zero-order chi connectivity index (χ0) is 35.2. The van der Waals surface area contributed by atoms with Crippen molar-refractivity contribution in [3.05, 3.63) is 125 Å². The molecule has 3 N–H and O–H groups in total. The number of nitrogens with one attached hydrogen (secondary N) is 2. The molecule has 0 spiro atoms. The van der Waals surface area contributed by atoms with Crippen molar-refractivity contribution < 1.29 is 33.8 Å². The van der Waals surface area contributed by atoms with E-state index in [1.54, 1.807) is 60.7 Å². The number of carbonyl (C=O) groups is 4. The van der Waals surface area contributed by atoms with E-state index in [1.165, 1.54) is 31.4 Å². The van der Waals surface area contributed by atoms with Gasteiger partial charge in [0.05, 0.1) is 17.6 Å². The second kappa shape index (κ2) is 17.6. The van der Waals surface area contributed by atoms with Gasteiger partial charge >= 0.3 is 11.9 Å². The molecule has 4 aromatic carbocycles. The van der Waals surface area contributed by atoms with Crippen molar-refractivity contribution in [2.24, 2.45) is 0 Å². The summed E-state index contributed by atoms with van der Waals surface area (Å²) in [6.07, 6.45) is 5.77. The quantitative estimate of drug-likeness (QED) is 0.0602. The number of benzene rings is 4. The monoisotopic (exact) mass is 664 g/mol. The highest BCUT2D eigenvalue weighted by molar-refractivity contribution is 6.00. The van der Waals surface area contributed by atoms with Crippen LogP contribution in [-0.4, -0.2) is 41.5 Å². The Bertz CT molecular complexity index is 1680. The van der Waals surface area contributed by atoms with Crippen LogP contribution >= 0.6 is 0 Å². The predicted octanol–water partition coefficient (Wildman–Crippen LogP) is 7.60. The van der Waals surface area contributed by atoms with Gasteiger partial charge in [-0.1, -0.05) is 75.1 Å². The van der Waals surface area contributed by atoms with E-state index in [0.717, 1.165) is 18.4 Å². The molecule has 0 saturated heterocycles. The van der Waals surface area contributed by atoms with Gasteiger partial charge in [-0.3, -0.25) is 9.59 Å². The SMILES string of the molecule is CCCCCCCOc1ccc(C(=O)Oc2ccc(C[C@H](NC(=O)c3ccc(NC(=O)C(C)(C)c4ccccc4)cc3)C(=O)O)cc2)cc1. The molecule has 0 fully saturated rings. The number of hydrogen-bond donors (Lipinski definition) is 3. The highest BCUT2D eigenvalue weighted by Crippen LogP contribution is 2.25. The summed E-state index contributed by atoms with van der Waals surface area (Å²) in [6.45, 7) is 6.48. The van der Waals surface area contributed by atoms with E-state index < -0.39 is 29.3 Å². The lowest BCUT2D eigenvalue weighted by Crippen LogP contribution is -2.42. The number of ether oxygens (including phenoxy) is 2. The molecule has 2 amide bonds. The molecule has 0 aliphatic heterocycles. The average molecular weight is 665 g/mol. The summed E-state index contributed by atoms with van der Waals surface area (Å²) in [5, 5.41) is 15.3. The molecule has 0 radical (unpaired) electrons. The minimum Gasteiger partial charge on any atom is -0.494 e. The number of hydrogen-bond acceptors (Lipinski definition) is 6. The summed E-state index contributed by atoms with van der Waals surface area (Å²) < 4.78 is 11.2. The molecule has 0 aliphatic carbocycles. The molecule has 0 saturated carbocycles. The highest BCUT2D eigenvalue weighted by atomic mass is 16.5. The second-order valence-electron chi connectivity index (χ2n) is 12.4. The third-order valence-electron chi connectivity index (χ3n) is 8.25. The number of carbonyl (C=O) groups excluding carboxylic acids is 3. The molecule has 0 bridgehead atoms. The fraction of sp³-hybridized carbons (Fsp3) is 0.300. The molecular formula is C40H44N2O7. The fourth-order valence-electron chi connectivity index (χ4n) is 5.10. The minimum absolute atomic E-state index is 0.0120. The lowest BCUT2D eigenvalue weighted by Gasteiger charge is -2.24. The van der Waals surface area contributed by atoms with Crippen LogP contribution in [0.15, 0.2) is 103 Å². The zero-order valence-corrected chi connectivity index (χ0v) is 28.2. The topological polar surface area (TPSA) is 131 Å². The summed E-state index contributed by atoms with van der Waals surface area (Å²) in [6, 6.07) is 27.7. The van der Waals surface area contributed by atoms with Crippen molar-refractivity contribution in [3.8, 4) is 11.5 Å². The van der Waals surface area contributed by atoms with E-state index in [-0.39, 0.29) is 17.9 Å². The normalized spacial score (nSPS) is 11.7. The Hall–Kier alpha value is -5.44. The number of unbranched alkanes of at least 4 members (excludes halogenated alkanes) is 4. The van der Waals surface area contributed by atoms with Crippen LogP contribution in [0.5, 0.6) is 11.5 Å². The molecule has 0 heterocycles. The van der Waals surface area contributed by atoms with Crippen LogP contribution in [0.4, 0.5) is 5.69 Å². The minimum atomic E-state index is -1.20. The van der Waals surface area contributed by atoms with Gasteiger partial charge < -0.3 is 25.2 Å². The van der Waals surface area contributed by atoms with Crippen molar-refractivity contribution >= 4 is 29.4 Å². The van der Waals surface area contributed by atoms with Crippen molar-refractivity contribution in [2.45, 2.75) is 70.8 Å². The molecule has 1 atom stereocenters. The number of carboxylic acids is 1. The van der Waals surface area contributed by atoms with Crippen LogP contribution in [0.3, 0.4) is 0 Å². The largest absolute Gasteiger partial charge is 0.494 e. The first-order valence-electron chi connectivity index (χ1n) is 16.6. The molecule has 4 rings (SSSR count). The van der Waals surface area contributed by atoms with Crippen LogP contribution in [0, 0.1) is 0 Å². The molecule has 4 aromatic rings. The van der Waals surface area contributed by atoms with Gasteiger partial charge in [0.25, 0.3) is 5.91 Å². The maximum absolute atomic E-state index is 13.0. The number of carboxylic acid groups (broad SMARTS) is 1. The maximum Gasteiger partial charge on any atom is 0.343 e. The molecule has 256 valence electrons. The van der Waals surface area contributed by atoms with Crippen molar-refractivity contribution in [2.75, 3.05) is 11.9 Å². The number of anilines is 1. The first-order valence-corrected chi connectivity index (χ1v) is 16.6. The smallest absolute Gasteiger partial charge is 0.343 e. The zero-order valence-electron chi connectivity index (χ0n) is 28.2. The molecule has 0 aliphatic rings. The lowest BCUT2D eigenvalue weighted by atomic mass is 9.83. The van der Waals surface area contributed by atoms with Crippen LogP contribution in [-0.2, 0) is 21.4 Å². The summed E-state index contributed by atoms with van der Waals surface area (Å²) >= 11 is 0. The number of rotatable bonds is 17. The maximum atomic E-state index is 13.0. The van der Waals surface area contributed by atoms with E-state index in [9.17, 15) is 24.3 Å². The number of amides is 2. The van der Waals surface area contributed by atoms with Crippen molar-refractivity contribution in [3.63, 3.8) is 0 Å². The van der Waals surface area contributed by atoms with Gasteiger partial charge in [-0.15, -0.1) is 0 Å². The fourth-order valence-corrected chi connectivity index (χ4v) is 5.10. The third kappa shape index (κ3) is 10.8. The van der Waals surface area contributed by atoms with Crippen LogP contribution in [0.1, 0.15) is 84.7 Å². The second-order valence-corrected chi connectivity index (χ2v) is 12.4. The number of aliphatic carboxylic acids is 1. The van der Waals surface area contributed by atoms with E-state index in [4.69, 9.17) is 9.47 Å². The predicted molar refractivity (Wildman–Crippen MR) is 189 cm³/mol. The number of esters is 1. The average Bonchev–Trinajstić information content (AvgIpc) is 3.11. The Labute approximate surface area is 287 Å². The van der Waals surface area contributed by atoms with Crippen LogP contribution < -0.4 is 20.1 Å². The van der Waals surface area contributed by atoms with Crippen LogP contribution in [0.25, 0.3) is 0 Å². The first-order chi connectivity index (χ1) is 23.6. The lowest BCUT2D eigenvalue weighted by molar-refractivity contribution is -0.139. The van der Waals surface area contributed by atoms with Crippen molar-refractivity contribution in [1.29, 1.82) is 0 Å². The molecule has 0 aromatic heterocycles. The molecule has 49 heavy (non-hydrogen) atoms. The molecule has 0 unspecified atom stereocenters. The molecule has 9 heteroatoms. The van der Waals surface area contributed by atoms with Gasteiger partial charge in [0.1, 0.15) is 17.5 Å². The van der Waals surface area contributed by atoms with Crippen LogP contribution in [0.2, 0.25) is 0 Å². The first kappa shape index (κ1) is 36.4. The molecule has 9 nitrogen and oxygen atoms in total. The van der Waals surface area contributed by atoms with Gasteiger partial charge in [0, 0.05) is 17.7 Å². The Balaban J connectivity index is 1.27. The molecular weight excluding hydrogens is 620 g/mol. The summed E-state index contributed by atoms with van der Waals surface area (Å²) in [5.74, 6) is -1.49. The van der Waals surface area contributed by atoms with E-state index >= 15 is 0 Å². The standard InChI is InChI=1S/C40H44N2O7/c1-4-5-6-7-11-26-48-33-24-18-30(19-25-33)38(46)49-34-22-14-28(15-23-34)27-35(37(44)45)42-36(43)29-16-20-32(21-17-29)41-39(47)40(2,3)31-12-9-8-10-13-31/h8-10,12-25,35H,4-7,11,26-27H2,1-3H3,(H,41,47)(H,42,43)(H,44,45)/t35-/m0/s1. The van der Waals surface area contributed by atoms with Gasteiger partial charge in [-0.25, -0.2) is 9.59 Å². The van der Waals surface area contributed by atoms with Gasteiger partial charge in [0.2, 0.25) is 5.91 Å². The summed E-state index contributed by atoms with van der Waals surface area (Å²) in [4.78, 5) is 50.6.